The van der Waals surface area contributed by atoms with Crippen LogP contribution in [0.2, 0.25) is 0 Å². The van der Waals surface area contributed by atoms with Gasteiger partial charge in [-0.3, -0.25) is 44.8 Å². The fourth-order valence-corrected chi connectivity index (χ4v) is 6.16. The lowest BCUT2D eigenvalue weighted by Gasteiger charge is -2.28. The number of amides is 5. The fraction of sp³-hybridized carbons (Fsp3) is 0.541. The molecule has 5 amide bonds. The summed E-state index contributed by atoms with van der Waals surface area (Å²) in [6.45, 7) is 7.70. The number of aliphatic imine (C=N–C) groups is 2. The number of rotatable bonds is 14. The van der Waals surface area contributed by atoms with Crippen LogP contribution in [0, 0.1) is 11.8 Å². The van der Waals surface area contributed by atoms with E-state index in [-0.39, 0.29) is 82.3 Å². The Hall–Kier alpha value is -5.49. The van der Waals surface area contributed by atoms with Crippen LogP contribution in [0.3, 0.4) is 0 Å². The minimum Gasteiger partial charge on any atom is -0.370 e. The number of fused-ring (bicyclic) bond motifs is 1. The van der Waals surface area contributed by atoms with Gasteiger partial charge in [0.05, 0.1) is 13.1 Å². The third-order valence-electron chi connectivity index (χ3n) is 8.62. The predicted octanol–water partition coefficient (Wildman–Crippen LogP) is -0.716. The number of nitrogens with one attached hydrogen (secondary N) is 5. The number of benzene rings is 2. The van der Waals surface area contributed by atoms with Gasteiger partial charge in [0.15, 0.2) is 11.9 Å². The van der Waals surface area contributed by atoms with Gasteiger partial charge in [-0.05, 0) is 60.3 Å². The zero-order valence-corrected chi connectivity index (χ0v) is 32.3. The summed E-state index contributed by atoms with van der Waals surface area (Å²) < 4.78 is 0. The molecule has 0 unspecified atom stereocenters. The summed E-state index contributed by atoms with van der Waals surface area (Å²) in [5.41, 5.74) is 28.4. The second-order valence-electron chi connectivity index (χ2n) is 14.5. The Balaban J connectivity index is 2.05. The Kier molecular flexibility index (Phi) is 17.6. The van der Waals surface area contributed by atoms with Crippen molar-refractivity contribution >= 4 is 52.2 Å². The molecule has 302 valence electrons. The lowest BCUT2D eigenvalue weighted by Crippen LogP contribution is -2.58. The highest BCUT2D eigenvalue weighted by atomic mass is 16.2. The number of hydrogen-bond acceptors (Lipinski definition) is 9. The van der Waals surface area contributed by atoms with Crippen molar-refractivity contribution < 1.29 is 24.0 Å². The number of hydrogen-bond donors (Lipinski definition) is 9. The quantitative estimate of drug-likeness (QED) is 0.0658. The summed E-state index contributed by atoms with van der Waals surface area (Å²) in [4.78, 5) is 77.1. The minimum absolute atomic E-state index is 0.00124. The second-order valence-corrected chi connectivity index (χ2v) is 14.5. The standard InChI is InChI=1S/C37H59N13O5/c1-23(2)18-29-33(53)46-30(19-24(3)4)35(55)47-49(17-9-16-43-37(40)41)21-31(51)44-28(14-8-15-42-36(38)39)34(54)48-50(22-32(52)45-29)20-26-12-7-11-25-10-5-6-13-27(25)26/h5-7,10-13,23-24,28-30H,8-9,14-22H2,1-4H3,(H,44,51)(H,45,52)(H,46,53)(H,47,55)(H,48,54)(H4,38,39,42)(H4,40,41,43)/t28-,29-,30-/m0/s1. The summed E-state index contributed by atoms with van der Waals surface area (Å²) in [6.07, 6.45) is 1.41. The molecule has 18 nitrogen and oxygen atoms in total. The van der Waals surface area contributed by atoms with Gasteiger partial charge in [0.2, 0.25) is 17.7 Å². The van der Waals surface area contributed by atoms with Gasteiger partial charge in [0.25, 0.3) is 11.8 Å². The summed E-state index contributed by atoms with van der Waals surface area (Å²) in [5.74, 6) is -2.99. The van der Waals surface area contributed by atoms with Crippen molar-refractivity contribution in [3.05, 3.63) is 48.0 Å². The number of guanidine groups is 2. The Labute approximate surface area is 322 Å². The Morgan fingerprint density at radius 1 is 0.673 bits per heavy atom. The van der Waals surface area contributed by atoms with Gasteiger partial charge < -0.3 is 38.9 Å². The largest absolute Gasteiger partial charge is 0.370 e. The molecule has 1 aliphatic heterocycles. The van der Waals surface area contributed by atoms with E-state index in [1.54, 1.807) is 0 Å². The van der Waals surface area contributed by atoms with Crippen molar-refractivity contribution in [1.29, 1.82) is 0 Å². The molecule has 0 saturated carbocycles. The Bertz CT molecular complexity index is 1670. The maximum atomic E-state index is 14.1. The first-order valence-corrected chi connectivity index (χ1v) is 18.7. The van der Waals surface area contributed by atoms with Gasteiger partial charge >= 0.3 is 0 Å². The van der Waals surface area contributed by atoms with Crippen molar-refractivity contribution in [3.63, 3.8) is 0 Å². The van der Waals surface area contributed by atoms with Crippen molar-refractivity contribution in [2.45, 2.75) is 84.5 Å². The zero-order chi connectivity index (χ0) is 40.5. The van der Waals surface area contributed by atoms with E-state index in [2.05, 4.69) is 36.8 Å². The highest BCUT2D eigenvalue weighted by molar-refractivity contribution is 5.93. The molecule has 0 aliphatic carbocycles. The van der Waals surface area contributed by atoms with E-state index in [9.17, 15) is 24.0 Å². The minimum atomic E-state index is -1.08. The van der Waals surface area contributed by atoms with Crippen LogP contribution >= 0.6 is 0 Å². The van der Waals surface area contributed by atoms with E-state index in [1.807, 2.05) is 70.2 Å². The van der Waals surface area contributed by atoms with E-state index in [1.165, 1.54) is 10.0 Å². The highest BCUT2D eigenvalue weighted by Gasteiger charge is 2.31. The maximum absolute atomic E-state index is 14.1. The monoisotopic (exact) mass is 765 g/mol. The number of nitrogens with two attached hydrogens (primary N) is 4. The first kappa shape index (κ1) is 43.9. The molecule has 2 aromatic rings. The third-order valence-corrected chi connectivity index (χ3v) is 8.62. The summed E-state index contributed by atoms with van der Waals surface area (Å²) in [7, 11) is 0. The highest BCUT2D eigenvalue weighted by Crippen LogP contribution is 2.20. The molecule has 1 saturated heterocycles. The average Bonchev–Trinajstić information content (AvgIpc) is 3.09. The van der Waals surface area contributed by atoms with Crippen LogP contribution < -0.4 is 49.7 Å². The number of nitrogens with zero attached hydrogens (tertiary/aromatic N) is 4. The maximum Gasteiger partial charge on any atom is 0.256 e. The predicted molar refractivity (Wildman–Crippen MR) is 212 cm³/mol. The number of hydrazine groups is 2. The third kappa shape index (κ3) is 15.8. The lowest BCUT2D eigenvalue weighted by atomic mass is 10.00. The van der Waals surface area contributed by atoms with Crippen molar-refractivity contribution in [3.8, 4) is 0 Å². The van der Waals surface area contributed by atoms with Crippen LogP contribution in [0.1, 0.15) is 65.4 Å². The van der Waals surface area contributed by atoms with Gasteiger partial charge in [0, 0.05) is 26.2 Å². The van der Waals surface area contributed by atoms with Crippen molar-refractivity contribution in [2.75, 3.05) is 32.7 Å². The summed E-state index contributed by atoms with van der Waals surface area (Å²) in [6, 6.07) is 10.4. The molecule has 0 radical (unpaired) electrons. The molecule has 1 heterocycles. The molecular formula is C37H59N13O5. The van der Waals surface area contributed by atoms with E-state index < -0.39 is 47.7 Å². The van der Waals surface area contributed by atoms with Crippen LogP contribution in [0.4, 0.5) is 0 Å². The van der Waals surface area contributed by atoms with Gasteiger partial charge in [-0.1, -0.05) is 70.2 Å². The Morgan fingerprint density at radius 3 is 1.84 bits per heavy atom. The molecule has 55 heavy (non-hydrogen) atoms. The summed E-state index contributed by atoms with van der Waals surface area (Å²) in [5, 5.41) is 13.2. The van der Waals surface area contributed by atoms with Gasteiger partial charge in [0.1, 0.15) is 18.1 Å². The van der Waals surface area contributed by atoms with Crippen LogP contribution in [0.5, 0.6) is 0 Å². The SMILES string of the molecule is CC(C)C[C@@H]1NC(=O)CN(Cc2cccc3ccccc23)NC(=O)[C@H](CCCN=C(N)N)NC(=O)CN(CCCN=C(N)N)NC(=O)[C@H](CC(C)C)NC1=O. The first-order valence-electron chi connectivity index (χ1n) is 18.7. The van der Waals surface area contributed by atoms with Crippen LogP contribution in [0.15, 0.2) is 52.4 Å². The smallest absolute Gasteiger partial charge is 0.256 e. The number of carbonyl (C=O) groups excluding carboxylic acids is 5. The summed E-state index contributed by atoms with van der Waals surface area (Å²) >= 11 is 0. The molecule has 2 aromatic carbocycles. The van der Waals surface area contributed by atoms with Gasteiger partial charge in [-0.2, -0.15) is 0 Å². The van der Waals surface area contributed by atoms with Crippen LogP contribution in [0.25, 0.3) is 10.8 Å². The molecular weight excluding hydrogens is 706 g/mol. The zero-order valence-electron chi connectivity index (χ0n) is 32.3. The van der Waals surface area contributed by atoms with Crippen LogP contribution in [-0.2, 0) is 30.5 Å². The van der Waals surface area contributed by atoms with Gasteiger partial charge in [-0.15, -0.1) is 0 Å². The van der Waals surface area contributed by atoms with E-state index >= 15 is 0 Å². The molecule has 0 bridgehead atoms. The van der Waals surface area contributed by atoms with Crippen LogP contribution in [-0.4, -0.2) is 102 Å². The average molecular weight is 766 g/mol. The lowest BCUT2D eigenvalue weighted by molar-refractivity contribution is -0.136. The first-order chi connectivity index (χ1) is 26.1. The molecule has 13 N–H and O–H groups in total. The van der Waals surface area contributed by atoms with E-state index in [4.69, 9.17) is 22.9 Å². The molecule has 18 heteroatoms. The molecule has 1 fully saturated rings. The molecule has 3 atom stereocenters. The van der Waals surface area contributed by atoms with E-state index in [0.29, 0.717) is 12.8 Å². The molecule has 0 spiro atoms. The van der Waals surface area contributed by atoms with Crippen molar-refractivity contribution in [2.24, 2.45) is 44.8 Å². The van der Waals surface area contributed by atoms with Crippen molar-refractivity contribution in [1.82, 2.24) is 36.8 Å². The molecule has 1 aliphatic rings. The topological polar surface area (TPSA) is 281 Å². The van der Waals surface area contributed by atoms with E-state index in [0.717, 1.165) is 16.3 Å². The molecule has 3 rings (SSSR count). The van der Waals surface area contributed by atoms with Gasteiger partial charge in [-0.25, -0.2) is 10.0 Å². The number of carbonyl (C=O) groups is 5. The fourth-order valence-electron chi connectivity index (χ4n) is 6.16. The normalized spacial score (nSPS) is 19.9. The second kappa shape index (κ2) is 22.0. The molecule has 0 aromatic heterocycles. The Morgan fingerprint density at radius 2 is 1.20 bits per heavy atom.